The summed E-state index contributed by atoms with van der Waals surface area (Å²) in [4.78, 5) is 24.0. The van der Waals surface area contributed by atoms with Crippen LogP contribution in [0.25, 0.3) is 0 Å². The third-order valence-electron chi connectivity index (χ3n) is 5.29. The molecule has 170 valence electrons. The molecule has 0 aliphatic heterocycles. The molecule has 2 N–H and O–H groups in total. The van der Waals surface area contributed by atoms with Gasteiger partial charge in [0, 0.05) is 16.1 Å². The molecule has 32 heavy (non-hydrogen) atoms. The van der Waals surface area contributed by atoms with Gasteiger partial charge < -0.3 is 5.11 Å². The number of nitrogens with zero attached hydrogens (tertiary/aromatic N) is 2. The van der Waals surface area contributed by atoms with Gasteiger partial charge in [-0.3, -0.25) is 4.79 Å². The third kappa shape index (κ3) is 6.02. The molecule has 0 saturated heterocycles. The predicted octanol–water partition coefficient (Wildman–Crippen LogP) is 3.62. The number of aromatic carboxylic acids is 1. The third-order valence-corrected chi connectivity index (χ3v) is 7.73. The molecular weight excluding hydrogens is 498 g/mol. The highest BCUT2D eigenvalue weighted by Gasteiger charge is 2.33. The molecule has 1 aliphatic carbocycles. The van der Waals surface area contributed by atoms with E-state index < -0.39 is 21.9 Å². The molecule has 0 radical (unpaired) electrons. The maximum atomic E-state index is 13.3. The number of hydrazone groups is 1. The van der Waals surface area contributed by atoms with E-state index in [0.717, 1.165) is 23.7 Å². The highest BCUT2D eigenvalue weighted by molar-refractivity contribution is 9.10. The Bertz CT molecular complexity index is 1100. The van der Waals surface area contributed by atoms with Crippen molar-refractivity contribution in [3.05, 3.63) is 64.1 Å². The van der Waals surface area contributed by atoms with Crippen molar-refractivity contribution in [3.63, 3.8) is 0 Å². The van der Waals surface area contributed by atoms with Gasteiger partial charge >= 0.3 is 5.97 Å². The SMILES string of the molecule is O=C(CN(C1CCCCC1)S(=O)(=O)c1ccc(Br)cc1)N/N=C\c1ccccc1C(=O)O. The summed E-state index contributed by atoms with van der Waals surface area (Å²) in [7, 11) is -3.89. The average Bonchev–Trinajstić information content (AvgIpc) is 2.78. The Kier molecular flexibility index (Phi) is 8.16. The normalized spacial score (nSPS) is 15.2. The maximum absolute atomic E-state index is 13.3. The summed E-state index contributed by atoms with van der Waals surface area (Å²) in [5, 5.41) is 13.1. The number of hydrogen-bond donors (Lipinski definition) is 2. The molecule has 2 aromatic carbocycles. The summed E-state index contributed by atoms with van der Waals surface area (Å²) in [6.07, 6.45) is 5.47. The van der Waals surface area contributed by atoms with Crippen molar-refractivity contribution >= 4 is 44.0 Å². The second kappa shape index (κ2) is 10.8. The fourth-order valence-electron chi connectivity index (χ4n) is 3.68. The fourth-order valence-corrected chi connectivity index (χ4v) is 5.58. The van der Waals surface area contributed by atoms with Crippen molar-refractivity contribution in [2.24, 2.45) is 5.10 Å². The molecule has 1 aliphatic rings. The van der Waals surface area contributed by atoms with E-state index in [-0.39, 0.29) is 23.0 Å². The lowest BCUT2D eigenvalue weighted by atomic mass is 9.95. The van der Waals surface area contributed by atoms with Crippen LogP contribution in [0.4, 0.5) is 0 Å². The van der Waals surface area contributed by atoms with Crippen molar-refractivity contribution in [2.45, 2.75) is 43.0 Å². The molecule has 10 heteroatoms. The number of hydrogen-bond acceptors (Lipinski definition) is 5. The topological polar surface area (TPSA) is 116 Å². The molecular formula is C22H24BrN3O5S. The second-order valence-electron chi connectivity index (χ2n) is 7.48. The highest BCUT2D eigenvalue weighted by Crippen LogP contribution is 2.28. The van der Waals surface area contributed by atoms with E-state index in [9.17, 15) is 23.1 Å². The smallest absolute Gasteiger partial charge is 0.336 e. The van der Waals surface area contributed by atoms with Gasteiger partial charge in [0.15, 0.2) is 0 Å². The zero-order valence-electron chi connectivity index (χ0n) is 17.3. The highest BCUT2D eigenvalue weighted by atomic mass is 79.9. The molecule has 0 spiro atoms. The second-order valence-corrected chi connectivity index (χ2v) is 10.3. The van der Waals surface area contributed by atoms with E-state index >= 15 is 0 Å². The Labute approximate surface area is 195 Å². The van der Waals surface area contributed by atoms with Crippen LogP contribution in [0.3, 0.4) is 0 Å². The number of carbonyl (C=O) groups is 2. The number of carbonyl (C=O) groups excluding carboxylic acids is 1. The summed E-state index contributed by atoms with van der Waals surface area (Å²) < 4.78 is 28.7. The van der Waals surface area contributed by atoms with Crippen molar-refractivity contribution in [1.82, 2.24) is 9.73 Å². The number of benzene rings is 2. The average molecular weight is 522 g/mol. The minimum Gasteiger partial charge on any atom is -0.478 e. The van der Waals surface area contributed by atoms with E-state index in [1.54, 1.807) is 30.3 Å². The number of rotatable bonds is 8. The van der Waals surface area contributed by atoms with Gasteiger partial charge in [-0.05, 0) is 43.2 Å². The molecule has 1 fully saturated rings. The summed E-state index contributed by atoms with van der Waals surface area (Å²) in [6.45, 7) is -0.374. The number of carboxylic acids is 1. The minimum atomic E-state index is -3.89. The predicted molar refractivity (Wildman–Crippen MR) is 124 cm³/mol. The Morgan fingerprint density at radius 2 is 1.75 bits per heavy atom. The van der Waals surface area contributed by atoms with Crippen LogP contribution in [0.2, 0.25) is 0 Å². The van der Waals surface area contributed by atoms with Gasteiger partial charge in [-0.15, -0.1) is 0 Å². The van der Waals surface area contributed by atoms with E-state index in [1.807, 2.05) is 0 Å². The zero-order chi connectivity index (χ0) is 23.1. The lowest BCUT2D eigenvalue weighted by molar-refractivity contribution is -0.121. The van der Waals surface area contributed by atoms with Crippen LogP contribution in [0, 0.1) is 0 Å². The van der Waals surface area contributed by atoms with Gasteiger partial charge in [0.1, 0.15) is 0 Å². The first kappa shape index (κ1) is 24.1. The maximum Gasteiger partial charge on any atom is 0.336 e. The van der Waals surface area contributed by atoms with E-state index in [0.29, 0.717) is 18.4 Å². The summed E-state index contributed by atoms with van der Waals surface area (Å²) >= 11 is 3.30. The molecule has 2 aromatic rings. The molecule has 0 atom stereocenters. The molecule has 0 unspecified atom stereocenters. The Morgan fingerprint density at radius 3 is 2.41 bits per heavy atom. The van der Waals surface area contributed by atoms with Crippen LogP contribution in [0.1, 0.15) is 48.0 Å². The van der Waals surface area contributed by atoms with Gasteiger partial charge in [0.05, 0.1) is 23.2 Å². The van der Waals surface area contributed by atoms with Gasteiger partial charge in [0.25, 0.3) is 5.91 Å². The summed E-state index contributed by atoms with van der Waals surface area (Å²) in [6, 6.07) is 12.3. The van der Waals surface area contributed by atoms with Crippen molar-refractivity contribution in [1.29, 1.82) is 0 Å². The first-order chi connectivity index (χ1) is 15.3. The number of sulfonamides is 1. The summed E-state index contributed by atoms with van der Waals surface area (Å²) in [5.41, 5.74) is 2.70. The zero-order valence-corrected chi connectivity index (χ0v) is 19.7. The fraction of sp³-hybridized carbons (Fsp3) is 0.318. The van der Waals surface area contributed by atoms with Gasteiger partial charge in [-0.2, -0.15) is 9.41 Å². The molecule has 0 bridgehead atoms. The standard InChI is InChI=1S/C22H24BrN3O5S/c23-17-10-12-19(13-11-17)32(30,31)26(18-7-2-1-3-8-18)15-21(27)25-24-14-16-6-4-5-9-20(16)22(28)29/h4-6,9-14,18H,1-3,7-8,15H2,(H,25,27)(H,28,29)/b24-14-. The van der Waals surface area contributed by atoms with Crippen LogP contribution in [-0.4, -0.2) is 48.5 Å². The van der Waals surface area contributed by atoms with Crippen LogP contribution in [0.15, 0.2) is 63.0 Å². The largest absolute Gasteiger partial charge is 0.478 e. The van der Waals surface area contributed by atoms with Crippen LogP contribution in [0.5, 0.6) is 0 Å². The number of carboxylic acid groups (broad SMARTS) is 1. The number of amides is 1. The molecule has 1 saturated carbocycles. The molecule has 8 nitrogen and oxygen atoms in total. The van der Waals surface area contributed by atoms with Crippen molar-refractivity contribution in [3.8, 4) is 0 Å². The van der Waals surface area contributed by atoms with Crippen LogP contribution < -0.4 is 5.43 Å². The first-order valence-corrected chi connectivity index (χ1v) is 12.4. The van der Waals surface area contributed by atoms with E-state index in [2.05, 4.69) is 26.5 Å². The number of halogens is 1. The Balaban J connectivity index is 1.77. The van der Waals surface area contributed by atoms with Gasteiger partial charge in [0.2, 0.25) is 10.0 Å². The molecule has 0 heterocycles. The van der Waals surface area contributed by atoms with Crippen LogP contribution >= 0.6 is 15.9 Å². The molecule has 0 aromatic heterocycles. The monoisotopic (exact) mass is 521 g/mol. The van der Waals surface area contributed by atoms with Crippen molar-refractivity contribution in [2.75, 3.05) is 6.54 Å². The lowest BCUT2D eigenvalue weighted by Gasteiger charge is -2.32. The first-order valence-electron chi connectivity index (χ1n) is 10.2. The number of nitrogens with one attached hydrogen (secondary N) is 1. The minimum absolute atomic E-state index is 0.0483. The molecule has 3 rings (SSSR count). The molecule has 1 amide bonds. The van der Waals surface area contributed by atoms with E-state index in [4.69, 9.17) is 0 Å². The van der Waals surface area contributed by atoms with E-state index in [1.165, 1.54) is 28.7 Å². The Hall–Kier alpha value is -2.56. The Morgan fingerprint density at radius 1 is 1.09 bits per heavy atom. The van der Waals surface area contributed by atoms with Crippen LogP contribution in [-0.2, 0) is 14.8 Å². The summed E-state index contributed by atoms with van der Waals surface area (Å²) in [5.74, 6) is -1.71. The van der Waals surface area contributed by atoms with Gasteiger partial charge in [-0.25, -0.2) is 18.6 Å². The van der Waals surface area contributed by atoms with Crippen molar-refractivity contribution < 1.29 is 23.1 Å². The quantitative estimate of drug-likeness (QED) is 0.406. The lowest BCUT2D eigenvalue weighted by Crippen LogP contribution is -2.46. The van der Waals surface area contributed by atoms with Gasteiger partial charge in [-0.1, -0.05) is 53.4 Å².